The van der Waals surface area contributed by atoms with E-state index in [1.807, 2.05) is 24.3 Å². The molecule has 0 saturated carbocycles. The van der Waals surface area contributed by atoms with Crippen LogP contribution in [0.3, 0.4) is 0 Å². The van der Waals surface area contributed by atoms with Crippen molar-refractivity contribution in [2.75, 3.05) is 0 Å². The van der Waals surface area contributed by atoms with Gasteiger partial charge >= 0.3 is 0 Å². The molecule has 0 aliphatic heterocycles. The summed E-state index contributed by atoms with van der Waals surface area (Å²) in [6, 6.07) is 14.7. The highest BCUT2D eigenvalue weighted by Gasteiger charge is 2.17. The molecule has 0 bridgehead atoms. The van der Waals surface area contributed by atoms with Gasteiger partial charge in [-0.1, -0.05) is 57.2 Å². The van der Waals surface area contributed by atoms with E-state index >= 15 is 0 Å². The molecule has 26 heavy (non-hydrogen) atoms. The highest BCUT2D eigenvalue weighted by molar-refractivity contribution is 5.93. The molecule has 5 nitrogen and oxygen atoms in total. The van der Waals surface area contributed by atoms with Crippen LogP contribution in [0, 0.1) is 0 Å². The summed E-state index contributed by atoms with van der Waals surface area (Å²) in [4.78, 5) is 29.4. The van der Waals surface area contributed by atoms with Crippen LogP contribution in [0.2, 0.25) is 0 Å². The van der Waals surface area contributed by atoms with Crippen molar-refractivity contribution in [2.45, 2.75) is 32.8 Å². The Bertz CT molecular complexity index is 1010. The smallest absolute Gasteiger partial charge is 0.297 e. The Morgan fingerprint density at radius 2 is 1.73 bits per heavy atom. The van der Waals surface area contributed by atoms with Crippen molar-refractivity contribution in [3.05, 3.63) is 75.6 Å². The maximum atomic E-state index is 12.5. The molecule has 0 radical (unpaired) electrons. The summed E-state index contributed by atoms with van der Waals surface area (Å²) in [6.07, 6.45) is 0.349. The molecule has 3 rings (SSSR count). The van der Waals surface area contributed by atoms with E-state index in [1.165, 1.54) is 5.56 Å². The molecular formula is C21H21NO4. The number of nitrogens with zero attached hydrogens (tertiary/aromatic N) is 1. The second-order valence-corrected chi connectivity index (χ2v) is 7.22. The standard InChI is InChI=1S/C21H21NO4/c1-21(2,3)15-10-8-14(9-11-15)13-26-22-18-7-5-4-6-16(18)19(24)17(12-23)20(22)25/h4-12,24H,13H2,1-3H3. The molecule has 134 valence electrons. The van der Waals surface area contributed by atoms with Gasteiger partial charge in [0.25, 0.3) is 5.56 Å². The number of rotatable bonds is 4. The fourth-order valence-corrected chi connectivity index (χ4v) is 2.79. The second-order valence-electron chi connectivity index (χ2n) is 7.22. The van der Waals surface area contributed by atoms with Gasteiger partial charge in [-0.3, -0.25) is 9.59 Å². The van der Waals surface area contributed by atoms with Crippen LogP contribution in [-0.2, 0) is 12.0 Å². The van der Waals surface area contributed by atoms with E-state index in [1.54, 1.807) is 24.3 Å². The number of carbonyl (C=O) groups excluding carboxylic acids is 1. The van der Waals surface area contributed by atoms with Crippen LogP contribution in [0.15, 0.2) is 53.3 Å². The molecule has 3 aromatic rings. The third-order valence-electron chi connectivity index (χ3n) is 4.35. The van der Waals surface area contributed by atoms with Crippen LogP contribution in [0.25, 0.3) is 10.9 Å². The summed E-state index contributed by atoms with van der Waals surface area (Å²) in [5.41, 5.74) is 1.58. The Kier molecular flexibility index (Phi) is 4.55. The Morgan fingerprint density at radius 1 is 1.08 bits per heavy atom. The van der Waals surface area contributed by atoms with E-state index in [4.69, 9.17) is 4.84 Å². The number of carbonyl (C=O) groups is 1. The topological polar surface area (TPSA) is 68.5 Å². The maximum Gasteiger partial charge on any atom is 0.297 e. The SMILES string of the molecule is CC(C)(C)c1ccc(COn2c(=O)c(C=O)c(O)c3ccccc32)cc1. The zero-order valence-electron chi connectivity index (χ0n) is 15.0. The lowest BCUT2D eigenvalue weighted by Gasteiger charge is -2.19. The summed E-state index contributed by atoms with van der Waals surface area (Å²) in [5.74, 6) is -0.324. The highest BCUT2D eigenvalue weighted by Crippen LogP contribution is 2.25. The molecule has 0 aliphatic rings. The van der Waals surface area contributed by atoms with E-state index in [0.29, 0.717) is 17.2 Å². The van der Waals surface area contributed by atoms with E-state index in [-0.39, 0.29) is 23.3 Å². The largest absolute Gasteiger partial charge is 0.506 e. The number of pyridine rings is 1. The van der Waals surface area contributed by atoms with Gasteiger partial charge < -0.3 is 9.94 Å². The Hall–Kier alpha value is -3.08. The number of para-hydroxylation sites is 1. The Morgan fingerprint density at radius 3 is 2.35 bits per heavy atom. The quantitative estimate of drug-likeness (QED) is 0.731. The molecule has 0 atom stereocenters. The molecule has 5 heteroatoms. The minimum absolute atomic E-state index is 0.0579. The highest BCUT2D eigenvalue weighted by atomic mass is 16.7. The van der Waals surface area contributed by atoms with Gasteiger partial charge in [0.05, 0.1) is 5.52 Å². The van der Waals surface area contributed by atoms with Crippen molar-refractivity contribution >= 4 is 17.2 Å². The number of benzene rings is 2. The van der Waals surface area contributed by atoms with Crippen molar-refractivity contribution in [3.63, 3.8) is 0 Å². The molecule has 2 aromatic carbocycles. The predicted octanol–water partition coefficient (Wildman–Crippen LogP) is 3.45. The molecule has 0 saturated heterocycles. The van der Waals surface area contributed by atoms with E-state index < -0.39 is 5.56 Å². The van der Waals surface area contributed by atoms with Gasteiger partial charge in [-0.2, -0.15) is 0 Å². The van der Waals surface area contributed by atoms with Crippen molar-refractivity contribution in [1.29, 1.82) is 0 Å². The van der Waals surface area contributed by atoms with E-state index in [9.17, 15) is 14.7 Å². The summed E-state index contributed by atoms with van der Waals surface area (Å²) in [7, 11) is 0. The molecule has 0 unspecified atom stereocenters. The number of fused-ring (bicyclic) bond motifs is 1. The maximum absolute atomic E-state index is 12.5. The molecule has 1 heterocycles. The van der Waals surface area contributed by atoms with Gasteiger partial charge in [0.1, 0.15) is 17.9 Å². The lowest BCUT2D eigenvalue weighted by atomic mass is 9.87. The first kappa shape index (κ1) is 17.7. The summed E-state index contributed by atoms with van der Waals surface area (Å²) >= 11 is 0. The first-order valence-corrected chi connectivity index (χ1v) is 8.37. The predicted molar refractivity (Wildman–Crippen MR) is 101 cm³/mol. The average Bonchev–Trinajstić information content (AvgIpc) is 2.62. The monoisotopic (exact) mass is 351 g/mol. The molecule has 1 aromatic heterocycles. The zero-order valence-corrected chi connectivity index (χ0v) is 15.0. The number of aromatic hydroxyl groups is 1. The van der Waals surface area contributed by atoms with Gasteiger partial charge in [-0.15, -0.1) is 4.73 Å². The van der Waals surface area contributed by atoms with Gasteiger partial charge in [0.2, 0.25) is 0 Å². The molecule has 0 fully saturated rings. The number of hydrogen-bond acceptors (Lipinski definition) is 4. The normalized spacial score (nSPS) is 11.5. The van der Waals surface area contributed by atoms with Crippen LogP contribution in [-0.4, -0.2) is 16.1 Å². The Balaban J connectivity index is 1.97. The number of aromatic nitrogens is 1. The van der Waals surface area contributed by atoms with Gasteiger partial charge in [0, 0.05) is 5.39 Å². The molecule has 1 N–H and O–H groups in total. The lowest BCUT2D eigenvalue weighted by molar-refractivity contribution is 0.0964. The fraction of sp³-hybridized carbons (Fsp3) is 0.238. The summed E-state index contributed by atoms with van der Waals surface area (Å²) < 4.78 is 1.07. The molecule has 0 spiro atoms. The van der Waals surface area contributed by atoms with Crippen LogP contribution in [0.5, 0.6) is 5.75 Å². The van der Waals surface area contributed by atoms with Crippen molar-refractivity contribution in [1.82, 2.24) is 4.73 Å². The Labute approximate surface area is 151 Å². The van der Waals surface area contributed by atoms with E-state index in [2.05, 4.69) is 20.8 Å². The van der Waals surface area contributed by atoms with Crippen molar-refractivity contribution in [3.8, 4) is 5.75 Å². The van der Waals surface area contributed by atoms with Crippen molar-refractivity contribution < 1.29 is 14.7 Å². The number of hydrogen-bond donors (Lipinski definition) is 1. The van der Waals surface area contributed by atoms with E-state index in [0.717, 1.165) is 10.3 Å². The third-order valence-corrected chi connectivity index (χ3v) is 4.35. The minimum Gasteiger partial charge on any atom is -0.506 e. The first-order chi connectivity index (χ1) is 12.3. The average molecular weight is 351 g/mol. The van der Waals surface area contributed by atoms with Crippen LogP contribution in [0.1, 0.15) is 42.3 Å². The minimum atomic E-state index is -0.678. The fourth-order valence-electron chi connectivity index (χ4n) is 2.79. The first-order valence-electron chi connectivity index (χ1n) is 8.37. The van der Waals surface area contributed by atoms with Crippen LogP contribution in [0.4, 0.5) is 0 Å². The molecule has 0 aliphatic carbocycles. The van der Waals surface area contributed by atoms with Gasteiger partial charge in [-0.05, 0) is 28.7 Å². The third kappa shape index (κ3) is 3.20. The zero-order chi connectivity index (χ0) is 18.9. The van der Waals surface area contributed by atoms with Crippen LogP contribution >= 0.6 is 0 Å². The van der Waals surface area contributed by atoms with Crippen molar-refractivity contribution in [2.24, 2.45) is 0 Å². The van der Waals surface area contributed by atoms with Crippen LogP contribution < -0.4 is 10.4 Å². The summed E-state index contributed by atoms with van der Waals surface area (Å²) in [5, 5.41) is 10.5. The lowest BCUT2D eigenvalue weighted by Crippen LogP contribution is -2.29. The summed E-state index contributed by atoms with van der Waals surface area (Å²) in [6.45, 7) is 6.59. The van der Waals surface area contributed by atoms with Gasteiger partial charge in [-0.25, -0.2) is 0 Å². The van der Waals surface area contributed by atoms with Gasteiger partial charge in [0.15, 0.2) is 6.29 Å². The molecule has 0 amide bonds. The number of aldehydes is 1. The second kappa shape index (κ2) is 6.67. The molecular weight excluding hydrogens is 330 g/mol.